The number of rotatable bonds is 10. The Morgan fingerprint density at radius 1 is 1.03 bits per heavy atom. The summed E-state index contributed by atoms with van der Waals surface area (Å²) in [6.07, 6.45) is 1.55. The van der Waals surface area contributed by atoms with Gasteiger partial charge >= 0.3 is 6.03 Å². The number of likely N-dealkylation sites (tertiary alicyclic amines) is 1. The molecule has 2 aromatic carbocycles. The van der Waals surface area contributed by atoms with Crippen molar-refractivity contribution in [3.05, 3.63) is 65.5 Å². The third-order valence-corrected chi connectivity index (χ3v) is 6.33. The first-order valence-corrected chi connectivity index (χ1v) is 12.6. The van der Waals surface area contributed by atoms with Crippen LogP contribution in [-0.4, -0.2) is 73.0 Å². The molecule has 1 aliphatic heterocycles. The number of hydrogen-bond donors (Lipinski definition) is 1. The monoisotopic (exact) mass is 498 g/mol. The van der Waals surface area contributed by atoms with Crippen LogP contribution in [0.4, 0.5) is 9.18 Å². The Morgan fingerprint density at radius 2 is 1.64 bits per heavy atom. The second kappa shape index (κ2) is 13.3. The molecular formula is C28H39FN4O3. The van der Waals surface area contributed by atoms with Crippen molar-refractivity contribution in [2.24, 2.45) is 5.92 Å². The topological polar surface area (TPSA) is 65.1 Å². The molecule has 0 bridgehead atoms. The van der Waals surface area contributed by atoms with Gasteiger partial charge in [0, 0.05) is 46.3 Å². The molecule has 0 aromatic heterocycles. The highest BCUT2D eigenvalue weighted by Gasteiger charge is 2.29. The van der Waals surface area contributed by atoms with Gasteiger partial charge in [0.25, 0.3) is 0 Å². The third-order valence-electron chi connectivity index (χ3n) is 6.33. The number of urea groups is 1. The van der Waals surface area contributed by atoms with E-state index in [1.807, 2.05) is 29.2 Å². The minimum absolute atomic E-state index is 0.0348. The normalized spacial score (nSPS) is 14.5. The van der Waals surface area contributed by atoms with E-state index in [-0.39, 0.29) is 23.8 Å². The van der Waals surface area contributed by atoms with E-state index < -0.39 is 0 Å². The molecule has 0 saturated carbocycles. The highest BCUT2D eigenvalue weighted by atomic mass is 19.1. The second-order valence-corrected chi connectivity index (χ2v) is 10.1. The van der Waals surface area contributed by atoms with Crippen LogP contribution in [0.25, 0.3) is 0 Å². The summed E-state index contributed by atoms with van der Waals surface area (Å²) in [5.41, 5.74) is 1.86. The van der Waals surface area contributed by atoms with Crippen LogP contribution in [-0.2, 0) is 17.9 Å². The first-order chi connectivity index (χ1) is 17.2. The zero-order valence-electron chi connectivity index (χ0n) is 21.9. The average molecular weight is 499 g/mol. The van der Waals surface area contributed by atoms with Crippen molar-refractivity contribution in [3.63, 3.8) is 0 Å². The van der Waals surface area contributed by atoms with Crippen molar-refractivity contribution < 1.29 is 18.7 Å². The molecule has 3 amide bonds. The Balaban J connectivity index is 1.61. The molecular weight excluding hydrogens is 459 g/mol. The number of amides is 3. The SMILES string of the molecule is CC(C)COc1ccc(CNC(=O)N(Cc2ccc(F)cc2)C2CCN(CC(=O)N(C)C)CC2)cc1. The summed E-state index contributed by atoms with van der Waals surface area (Å²) in [6, 6.07) is 13.9. The van der Waals surface area contributed by atoms with E-state index >= 15 is 0 Å². The Morgan fingerprint density at radius 3 is 2.22 bits per heavy atom. The number of piperidine rings is 1. The van der Waals surface area contributed by atoms with E-state index in [0.29, 0.717) is 32.2 Å². The number of ether oxygens (including phenoxy) is 1. The fourth-order valence-electron chi connectivity index (χ4n) is 4.12. The lowest BCUT2D eigenvalue weighted by Gasteiger charge is -2.38. The van der Waals surface area contributed by atoms with Gasteiger partial charge in [0.1, 0.15) is 11.6 Å². The minimum atomic E-state index is -0.297. The molecule has 7 nitrogen and oxygen atoms in total. The Labute approximate surface area is 214 Å². The van der Waals surface area contributed by atoms with Gasteiger partial charge in [0.05, 0.1) is 13.2 Å². The molecule has 36 heavy (non-hydrogen) atoms. The highest BCUT2D eigenvalue weighted by molar-refractivity contribution is 5.77. The Bertz CT molecular complexity index is 971. The second-order valence-electron chi connectivity index (χ2n) is 10.1. The number of carbonyl (C=O) groups excluding carboxylic acids is 2. The highest BCUT2D eigenvalue weighted by Crippen LogP contribution is 2.20. The van der Waals surface area contributed by atoms with Crippen LogP contribution in [0.3, 0.4) is 0 Å². The molecule has 0 atom stereocenters. The molecule has 1 N–H and O–H groups in total. The lowest BCUT2D eigenvalue weighted by atomic mass is 10.0. The van der Waals surface area contributed by atoms with Gasteiger partial charge in [-0.3, -0.25) is 9.69 Å². The number of hydrogen-bond acceptors (Lipinski definition) is 4. The van der Waals surface area contributed by atoms with Gasteiger partial charge in [-0.1, -0.05) is 38.1 Å². The number of nitrogens with one attached hydrogen (secondary N) is 1. The van der Waals surface area contributed by atoms with Crippen LogP contribution < -0.4 is 10.1 Å². The molecule has 0 spiro atoms. The van der Waals surface area contributed by atoms with Crippen molar-refractivity contribution in [3.8, 4) is 5.75 Å². The molecule has 3 rings (SSSR count). The number of halogens is 1. The molecule has 0 radical (unpaired) electrons. The van der Waals surface area contributed by atoms with Crippen molar-refractivity contribution >= 4 is 11.9 Å². The summed E-state index contributed by atoms with van der Waals surface area (Å²) < 4.78 is 19.2. The Hall–Kier alpha value is -3.13. The maximum absolute atomic E-state index is 13.4. The predicted octanol–water partition coefficient (Wildman–Crippen LogP) is 4.12. The van der Waals surface area contributed by atoms with Gasteiger partial charge in [-0.05, 0) is 54.2 Å². The van der Waals surface area contributed by atoms with Crippen LogP contribution in [0, 0.1) is 11.7 Å². The maximum atomic E-state index is 13.4. The maximum Gasteiger partial charge on any atom is 0.318 e. The van der Waals surface area contributed by atoms with Crippen molar-refractivity contribution in [1.82, 2.24) is 20.0 Å². The van der Waals surface area contributed by atoms with Gasteiger partial charge in [0.2, 0.25) is 5.91 Å². The first kappa shape index (κ1) is 27.5. The summed E-state index contributed by atoms with van der Waals surface area (Å²) in [6.45, 7) is 7.56. The molecule has 0 aliphatic carbocycles. The minimum Gasteiger partial charge on any atom is -0.493 e. The van der Waals surface area contributed by atoms with Crippen LogP contribution in [0.5, 0.6) is 5.75 Å². The smallest absolute Gasteiger partial charge is 0.318 e. The summed E-state index contributed by atoms with van der Waals surface area (Å²) in [5.74, 6) is 1.05. The van der Waals surface area contributed by atoms with Gasteiger partial charge in [0.15, 0.2) is 0 Å². The molecule has 1 aliphatic rings. The fraction of sp³-hybridized carbons (Fsp3) is 0.500. The molecule has 0 unspecified atom stereocenters. The number of carbonyl (C=O) groups is 2. The van der Waals surface area contributed by atoms with E-state index in [9.17, 15) is 14.0 Å². The summed E-state index contributed by atoms with van der Waals surface area (Å²) >= 11 is 0. The molecule has 2 aromatic rings. The molecule has 1 heterocycles. The Kier molecular flexibility index (Phi) is 10.1. The molecule has 1 fully saturated rings. The lowest BCUT2D eigenvalue weighted by molar-refractivity contribution is -0.130. The quantitative estimate of drug-likeness (QED) is 0.535. The van der Waals surface area contributed by atoms with E-state index in [0.717, 1.165) is 42.8 Å². The third kappa shape index (κ3) is 8.52. The average Bonchev–Trinajstić information content (AvgIpc) is 2.86. The van der Waals surface area contributed by atoms with Crippen LogP contribution >= 0.6 is 0 Å². The van der Waals surface area contributed by atoms with E-state index in [1.165, 1.54) is 12.1 Å². The van der Waals surface area contributed by atoms with Crippen LogP contribution in [0.2, 0.25) is 0 Å². The van der Waals surface area contributed by atoms with Crippen molar-refractivity contribution in [2.75, 3.05) is 40.3 Å². The lowest BCUT2D eigenvalue weighted by Crippen LogP contribution is -2.51. The zero-order valence-corrected chi connectivity index (χ0v) is 21.9. The van der Waals surface area contributed by atoms with Gasteiger partial charge in [-0.15, -0.1) is 0 Å². The summed E-state index contributed by atoms with van der Waals surface area (Å²) in [4.78, 5) is 31.0. The summed E-state index contributed by atoms with van der Waals surface area (Å²) in [7, 11) is 3.52. The zero-order chi connectivity index (χ0) is 26.1. The van der Waals surface area contributed by atoms with E-state index in [4.69, 9.17) is 4.74 Å². The van der Waals surface area contributed by atoms with E-state index in [1.54, 1.807) is 31.1 Å². The van der Waals surface area contributed by atoms with Crippen molar-refractivity contribution in [1.29, 1.82) is 0 Å². The number of benzene rings is 2. The van der Waals surface area contributed by atoms with Gasteiger partial charge in [-0.2, -0.15) is 0 Å². The molecule has 8 heteroatoms. The van der Waals surface area contributed by atoms with Crippen molar-refractivity contribution in [2.45, 2.75) is 45.8 Å². The van der Waals surface area contributed by atoms with Crippen LogP contribution in [0.1, 0.15) is 37.8 Å². The first-order valence-electron chi connectivity index (χ1n) is 12.6. The van der Waals surface area contributed by atoms with E-state index in [2.05, 4.69) is 24.1 Å². The van der Waals surface area contributed by atoms with Gasteiger partial charge < -0.3 is 19.9 Å². The number of likely N-dealkylation sites (N-methyl/N-ethyl adjacent to an activating group) is 1. The van der Waals surface area contributed by atoms with Gasteiger partial charge in [-0.25, -0.2) is 9.18 Å². The number of nitrogens with zero attached hydrogens (tertiary/aromatic N) is 3. The van der Waals surface area contributed by atoms with Crippen LogP contribution in [0.15, 0.2) is 48.5 Å². The fourth-order valence-corrected chi connectivity index (χ4v) is 4.12. The molecule has 196 valence electrons. The predicted molar refractivity (Wildman–Crippen MR) is 139 cm³/mol. The standard InChI is InChI=1S/C28H39FN4O3/c1-21(2)20-36-26-11-7-22(8-12-26)17-30-28(35)33(18-23-5-9-24(29)10-6-23)25-13-15-32(16-14-25)19-27(34)31(3)4/h5-12,21,25H,13-20H2,1-4H3,(H,30,35). The summed E-state index contributed by atoms with van der Waals surface area (Å²) in [5, 5.41) is 3.05. The molecule has 1 saturated heterocycles. The largest absolute Gasteiger partial charge is 0.493 e.